The zero-order valence-corrected chi connectivity index (χ0v) is 18.2. The van der Waals surface area contributed by atoms with Crippen molar-refractivity contribution in [1.29, 1.82) is 5.26 Å². The average molecular weight is 471 g/mol. The molecule has 7 heteroatoms. The van der Waals surface area contributed by atoms with Gasteiger partial charge in [0.1, 0.15) is 10.9 Å². The summed E-state index contributed by atoms with van der Waals surface area (Å²) in [7, 11) is 0. The Labute approximate surface area is 178 Å². The van der Waals surface area contributed by atoms with E-state index in [-0.39, 0.29) is 5.97 Å². The number of thiophene rings is 1. The van der Waals surface area contributed by atoms with Gasteiger partial charge in [-0.15, -0.1) is 23.1 Å². The summed E-state index contributed by atoms with van der Waals surface area (Å²) in [6.45, 7) is 2.08. The number of ether oxygens (including phenoxy) is 1. The van der Waals surface area contributed by atoms with Gasteiger partial charge >= 0.3 is 5.97 Å². The Balaban J connectivity index is 1.86. The minimum atomic E-state index is -0.389. The van der Waals surface area contributed by atoms with Crippen molar-refractivity contribution in [3.63, 3.8) is 0 Å². The molecule has 0 N–H and O–H groups in total. The molecule has 4 aromatic rings. The number of aromatic nitrogens is 1. The minimum absolute atomic E-state index is 0.293. The maximum Gasteiger partial charge on any atom is 0.341 e. The molecule has 1 aromatic carbocycles. The van der Waals surface area contributed by atoms with Gasteiger partial charge in [0.25, 0.3) is 0 Å². The van der Waals surface area contributed by atoms with Crippen LogP contribution in [0.5, 0.6) is 0 Å². The number of fused-ring (bicyclic) bond motifs is 3. The van der Waals surface area contributed by atoms with E-state index in [1.807, 2.05) is 40.9 Å². The van der Waals surface area contributed by atoms with E-state index in [2.05, 4.69) is 34.1 Å². The molecule has 0 saturated heterocycles. The number of nitriles is 1. The highest BCUT2D eigenvalue weighted by Gasteiger charge is 2.26. The third kappa shape index (κ3) is 3.32. The van der Waals surface area contributed by atoms with E-state index in [0.717, 1.165) is 25.5 Å². The van der Waals surface area contributed by atoms with E-state index >= 15 is 0 Å². The lowest BCUT2D eigenvalue weighted by molar-refractivity contribution is 0.0531. The predicted molar refractivity (Wildman–Crippen MR) is 117 cm³/mol. The van der Waals surface area contributed by atoms with Crippen LogP contribution in [0.4, 0.5) is 0 Å². The molecule has 0 aliphatic heterocycles. The summed E-state index contributed by atoms with van der Waals surface area (Å²) in [5, 5.41) is 10.4. The van der Waals surface area contributed by atoms with Gasteiger partial charge in [0.2, 0.25) is 0 Å². The maximum absolute atomic E-state index is 12.7. The van der Waals surface area contributed by atoms with E-state index in [1.165, 1.54) is 16.9 Å². The molecule has 3 aromatic heterocycles. The van der Waals surface area contributed by atoms with Crippen molar-refractivity contribution in [3.8, 4) is 6.07 Å². The molecular formula is C21H15BrN2O2S2. The van der Waals surface area contributed by atoms with Gasteiger partial charge in [-0.25, -0.2) is 4.79 Å². The van der Waals surface area contributed by atoms with Crippen molar-refractivity contribution in [2.75, 3.05) is 6.61 Å². The maximum atomic E-state index is 12.7. The molecule has 0 spiro atoms. The van der Waals surface area contributed by atoms with E-state index in [9.17, 15) is 10.1 Å². The molecule has 0 bridgehead atoms. The molecule has 28 heavy (non-hydrogen) atoms. The molecule has 4 rings (SSSR count). The molecule has 3 heterocycles. The van der Waals surface area contributed by atoms with Crippen LogP contribution >= 0.6 is 39.0 Å². The molecule has 140 valence electrons. The van der Waals surface area contributed by atoms with Crippen molar-refractivity contribution in [3.05, 3.63) is 69.1 Å². The van der Waals surface area contributed by atoms with Crippen LogP contribution in [0.1, 0.15) is 27.7 Å². The summed E-state index contributed by atoms with van der Waals surface area (Å²) >= 11 is 6.56. The summed E-state index contributed by atoms with van der Waals surface area (Å²) in [5.41, 5.74) is 3.34. The number of benzene rings is 1. The number of hydrogen-bond acceptors (Lipinski definition) is 5. The van der Waals surface area contributed by atoms with Gasteiger partial charge in [-0.05, 0) is 36.8 Å². The molecule has 0 radical (unpaired) electrons. The highest BCUT2D eigenvalue weighted by molar-refractivity contribution is 9.10. The van der Waals surface area contributed by atoms with Crippen LogP contribution in [0.3, 0.4) is 0 Å². The number of thioether (sulfide) groups is 1. The quantitative estimate of drug-likeness (QED) is 0.255. The molecule has 0 saturated carbocycles. The molecule has 4 nitrogen and oxygen atoms in total. The van der Waals surface area contributed by atoms with Crippen LogP contribution < -0.4 is 0 Å². The second-order valence-electron chi connectivity index (χ2n) is 6.02. The fourth-order valence-corrected chi connectivity index (χ4v) is 5.72. The van der Waals surface area contributed by atoms with Crippen molar-refractivity contribution < 1.29 is 9.53 Å². The van der Waals surface area contributed by atoms with Gasteiger partial charge in [0.15, 0.2) is 0 Å². The number of esters is 1. The highest BCUT2D eigenvalue weighted by Crippen LogP contribution is 2.43. The fourth-order valence-electron chi connectivity index (χ4n) is 3.14. The Morgan fingerprint density at radius 2 is 2.07 bits per heavy atom. The van der Waals surface area contributed by atoms with Crippen LogP contribution in [0, 0.1) is 11.3 Å². The third-order valence-electron chi connectivity index (χ3n) is 4.32. The topological polar surface area (TPSA) is 54.5 Å². The van der Waals surface area contributed by atoms with Gasteiger partial charge in [-0.1, -0.05) is 34.1 Å². The zero-order chi connectivity index (χ0) is 19.7. The lowest BCUT2D eigenvalue weighted by atomic mass is 10.1. The van der Waals surface area contributed by atoms with Crippen molar-refractivity contribution >= 4 is 61.4 Å². The lowest BCUT2D eigenvalue weighted by Crippen LogP contribution is -2.04. The molecule has 0 aliphatic rings. The Hall–Kier alpha value is -2.27. The highest BCUT2D eigenvalue weighted by atomic mass is 79.9. The molecule has 0 aliphatic carbocycles. The summed E-state index contributed by atoms with van der Waals surface area (Å²) < 4.78 is 9.34. The second-order valence-corrected chi connectivity index (χ2v) is 9.20. The summed E-state index contributed by atoms with van der Waals surface area (Å²) in [4.78, 5) is 13.2. The van der Waals surface area contributed by atoms with Crippen molar-refractivity contribution in [1.82, 2.24) is 4.40 Å². The average Bonchev–Trinajstić information content (AvgIpc) is 3.23. The van der Waals surface area contributed by atoms with Crippen molar-refractivity contribution in [2.24, 2.45) is 0 Å². The first-order valence-electron chi connectivity index (χ1n) is 8.64. The molecule has 0 atom stereocenters. The van der Waals surface area contributed by atoms with E-state index in [4.69, 9.17) is 4.74 Å². The number of rotatable bonds is 5. The standard InChI is InChI=1S/C21H15BrN2O2S2/c1-2-26-20(25)17-15-5-3-4-10-24(15)19-18(17)16(11-23)28-21(19)27-12-13-6-8-14(22)9-7-13/h3-10H,2,12H2,1H3. The van der Waals surface area contributed by atoms with E-state index in [1.54, 1.807) is 18.7 Å². The lowest BCUT2D eigenvalue weighted by Gasteiger charge is -2.03. The van der Waals surface area contributed by atoms with Crippen molar-refractivity contribution in [2.45, 2.75) is 16.9 Å². The van der Waals surface area contributed by atoms with Crippen LogP contribution in [0.25, 0.3) is 16.4 Å². The summed E-state index contributed by atoms with van der Waals surface area (Å²) in [6.07, 6.45) is 1.93. The largest absolute Gasteiger partial charge is 0.462 e. The Morgan fingerprint density at radius 3 is 2.79 bits per heavy atom. The smallest absolute Gasteiger partial charge is 0.341 e. The van der Waals surface area contributed by atoms with E-state index in [0.29, 0.717) is 22.4 Å². The molecule has 0 unspecified atom stereocenters. The molecule has 0 amide bonds. The number of hydrogen-bond donors (Lipinski definition) is 0. The Bertz CT molecular complexity index is 1220. The normalized spacial score (nSPS) is 11.0. The number of carbonyl (C=O) groups excluding carboxylic acids is 1. The number of nitrogens with zero attached hydrogens (tertiary/aromatic N) is 2. The van der Waals surface area contributed by atoms with Gasteiger partial charge in [0.05, 0.1) is 27.4 Å². The first kappa shape index (κ1) is 19.1. The number of carbonyl (C=O) groups is 1. The molecule has 0 fully saturated rings. The Kier molecular flexibility index (Phi) is 5.44. The van der Waals surface area contributed by atoms with Gasteiger partial charge < -0.3 is 9.14 Å². The van der Waals surface area contributed by atoms with Crippen LogP contribution in [-0.2, 0) is 10.5 Å². The van der Waals surface area contributed by atoms with E-state index < -0.39 is 0 Å². The molecular weight excluding hydrogens is 456 g/mol. The third-order valence-corrected chi connectivity index (χ3v) is 7.27. The first-order valence-corrected chi connectivity index (χ1v) is 11.2. The first-order chi connectivity index (χ1) is 13.6. The second kappa shape index (κ2) is 8.00. The summed E-state index contributed by atoms with van der Waals surface area (Å²) in [5.74, 6) is 0.391. The SMILES string of the molecule is CCOC(=O)c1c2c(C#N)sc(SCc3ccc(Br)cc3)c2n2ccccc12. The minimum Gasteiger partial charge on any atom is -0.462 e. The van der Waals surface area contributed by atoms with Crippen LogP contribution in [0.15, 0.2) is 57.3 Å². The zero-order valence-electron chi connectivity index (χ0n) is 14.9. The van der Waals surface area contributed by atoms with Gasteiger partial charge in [0, 0.05) is 21.8 Å². The van der Waals surface area contributed by atoms with Gasteiger partial charge in [-0.2, -0.15) is 5.26 Å². The van der Waals surface area contributed by atoms with Crippen LogP contribution in [0.2, 0.25) is 0 Å². The fraction of sp³-hybridized carbons (Fsp3) is 0.143. The monoisotopic (exact) mass is 470 g/mol. The van der Waals surface area contributed by atoms with Gasteiger partial charge in [-0.3, -0.25) is 0 Å². The summed E-state index contributed by atoms with van der Waals surface area (Å²) in [6, 6.07) is 16.2. The number of halogens is 1. The Morgan fingerprint density at radius 1 is 1.29 bits per heavy atom. The predicted octanol–water partition coefficient (Wildman–Crippen LogP) is 6.26. The number of pyridine rings is 1. The van der Waals surface area contributed by atoms with Crippen LogP contribution in [-0.4, -0.2) is 17.0 Å².